The normalized spacial score (nSPS) is 11.8. The molecule has 0 atom stereocenters. The number of halogens is 3. The zero-order chi connectivity index (χ0) is 12.6. The van der Waals surface area contributed by atoms with Crippen molar-refractivity contribution in [1.82, 2.24) is 25.2 Å². The van der Waals surface area contributed by atoms with Crippen molar-refractivity contribution in [2.45, 2.75) is 6.18 Å². The molecule has 6 nitrogen and oxygen atoms in total. The number of alkyl halides is 3. The molecule has 17 heavy (non-hydrogen) atoms. The van der Waals surface area contributed by atoms with Gasteiger partial charge in [0.15, 0.2) is 0 Å². The number of aryl methyl sites for hydroxylation is 1. The highest BCUT2D eigenvalue weighted by atomic mass is 19.4. The van der Waals surface area contributed by atoms with Crippen LogP contribution in [-0.2, 0) is 13.2 Å². The lowest BCUT2D eigenvalue weighted by Crippen LogP contribution is -2.11. The van der Waals surface area contributed by atoms with Crippen molar-refractivity contribution in [3.63, 3.8) is 0 Å². The molecule has 0 unspecified atom stereocenters. The molecular weight excluding hydrogens is 237 g/mol. The first kappa shape index (κ1) is 11.3. The second-order valence-electron chi connectivity index (χ2n) is 3.29. The molecule has 0 radical (unpaired) electrons. The Kier molecular flexibility index (Phi) is 2.45. The average Bonchev–Trinajstić information content (AvgIpc) is 2.63. The second kappa shape index (κ2) is 3.68. The van der Waals surface area contributed by atoms with E-state index in [0.29, 0.717) is 0 Å². The maximum absolute atomic E-state index is 12.8. The lowest BCUT2D eigenvalue weighted by Gasteiger charge is -2.11. The van der Waals surface area contributed by atoms with Gasteiger partial charge in [0.1, 0.15) is 5.69 Å². The van der Waals surface area contributed by atoms with Crippen LogP contribution in [0.4, 0.5) is 18.9 Å². The summed E-state index contributed by atoms with van der Waals surface area (Å²) in [6.45, 7) is 0. The Labute approximate surface area is 93.3 Å². The van der Waals surface area contributed by atoms with Crippen LogP contribution in [0.2, 0.25) is 0 Å². The van der Waals surface area contributed by atoms with Gasteiger partial charge in [0, 0.05) is 7.05 Å². The maximum Gasteiger partial charge on any atom is 0.418 e. The third-order valence-corrected chi connectivity index (χ3v) is 2.05. The molecule has 2 aromatic rings. The van der Waals surface area contributed by atoms with Gasteiger partial charge >= 0.3 is 6.18 Å². The highest BCUT2D eigenvalue weighted by molar-refractivity contribution is 5.59. The molecule has 0 aliphatic rings. The highest BCUT2D eigenvalue weighted by Gasteiger charge is 2.36. The SMILES string of the molecule is Cn1nnnc1-c1ncc(N)cc1C(F)(F)F. The van der Waals surface area contributed by atoms with E-state index in [1.54, 1.807) is 0 Å². The van der Waals surface area contributed by atoms with Gasteiger partial charge in [-0.25, -0.2) is 4.68 Å². The van der Waals surface area contributed by atoms with Gasteiger partial charge in [0.05, 0.1) is 17.4 Å². The van der Waals surface area contributed by atoms with E-state index >= 15 is 0 Å². The largest absolute Gasteiger partial charge is 0.418 e. The molecule has 2 rings (SSSR count). The molecule has 0 saturated heterocycles. The van der Waals surface area contributed by atoms with Crippen LogP contribution in [0.15, 0.2) is 12.3 Å². The highest BCUT2D eigenvalue weighted by Crippen LogP contribution is 2.35. The van der Waals surface area contributed by atoms with E-state index in [-0.39, 0.29) is 17.2 Å². The summed E-state index contributed by atoms with van der Waals surface area (Å²) in [5.74, 6) is -0.0719. The van der Waals surface area contributed by atoms with E-state index in [2.05, 4.69) is 20.5 Å². The predicted molar refractivity (Wildman–Crippen MR) is 51.4 cm³/mol. The summed E-state index contributed by atoms with van der Waals surface area (Å²) in [7, 11) is 1.42. The Bertz CT molecular complexity index is 546. The Morgan fingerprint density at radius 3 is 2.59 bits per heavy atom. The number of nitrogens with two attached hydrogens (primary N) is 1. The summed E-state index contributed by atoms with van der Waals surface area (Å²) in [6.07, 6.45) is -3.44. The third-order valence-electron chi connectivity index (χ3n) is 2.05. The van der Waals surface area contributed by atoms with E-state index in [4.69, 9.17) is 5.73 Å². The summed E-state index contributed by atoms with van der Waals surface area (Å²) in [5.41, 5.74) is 3.91. The molecule has 0 fully saturated rings. The van der Waals surface area contributed by atoms with Gasteiger partial charge in [-0.3, -0.25) is 4.98 Å². The zero-order valence-corrected chi connectivity index (χ0v) is 8.60. The van der Waals surface area contributed by atoms with Gasteiger partial charge in [0.25, 0.3) is 0 Å². The van der Waals surface area contributed by atoms with E-state index in [1.807, 2.05) is 0 Å². The summed E-state index contributed by atoms with van der Waals surface area (Å²) < 4.78 is 39.4. The molecule has 0 aliphatic carbocycles. The first-order valence-corrected chi connectivity index (χ1v) is 4.45. The van der Waals surface area contributed by atoms with Crippen molar-refractivity contribution in [3.05, 3.63) is 17.8 Å². The van der Waals surface area contributed by atoms with Crippen LogP contribution in [0.5, 0.6) is 0 Å². The Morgan fingerprint density at radius 1 is 1.35 bits per heavy atom. The molecule has 0 amide bonds. The van der Waals surface area contributed by atoms with Crippen molar-refractivity contribution in [3.8, 4) is 11.5 Å². The summed E-state index contributed by atoms with van der Waals surface area (Å²) >= 11 is 0. The van der Waals surface area contributed by atoms with Crippen molar-refractivity contribution < 1.29 is 13.2 Å². The number of nitrogen functional groups attached to an aromatic ring is 1. The summed E-state index contributed by atoms with van der Waals surface area (Å²) in [5, 5.41) is 10.2. The standard InChI is InChI=1S/C8H7F3N6/c1-17-7(14-15-16-17)6-5(8(9,10)11)2-4(12)3-13-6/h2-3H,12H2,1H3. The van der Waals surface area contributed by atoms with E-state index in [1.165, 1.54) is 7.05 Å². The van der Waals surface area contributed by atoms with Gasteiger partial charge in [-0.15, -0.1) is 5.10 Å². The van der Waals surface area contributed by atoms with Crippen molar-refractivity contribution >= 4 is 5.69 Å². The number of nitrogens with zero attached hydrogens (tertiary/aromatic N) is 5. The van der Waals surface area contributed by atoms with Gasteiger partial charge in [-0.05, 0) is 16.5 Å². The quantitative estimate of drug-likeness (QED) is 0.804. The molecule has 2 heterocycles. The molecule has 9 heteroatoms. The molecule has 0 spiro atoms. The summed E-state index contributed by atoms with van der Waals surface area (Å²) in [4.78, 5) is 3.64. The lowest BCUT2D eigenvalue weighted by atomic mass is 10.1. The van der Waals surface area contributed by atoms with Gasteiger partial charge < -0.3 is 5.73 Å². The van der Waals surface area contributed by atoms with Crippen LogP contribution < -0.4 is 5.73 Å². The topological polar surface area (TPSA) is 82.5 Å². The first-order chi connectivity index (χ1) is 7.89. The van der Waals surface area contributed by atoms with E-state index in [9.17, 15) is 13.2 Å². The Hall–Kier alpha value is -2.19. The fourth-order valence-corrected chi connectivity index (χ4v) is 1.31. The lowest BCUT2D eigenvalue weighted by molar-refractivity contribution is -0.137. The third kappa shape index (κ3) is 2.03. The Balaban J connectivity index is 2.67. The van der Waals surface area contributed by atoms with Gasteiger partial charge in [0.2, 0.25) is 5.82 Å². The molecule has 2 N–H and O–H groups in total. The predicted octanol–water partition coefficient (Wildman–Crippen LogP) is 0.873. The minimum atomic E-state index is -4.57. The molecule has 2 aromatic heterocycles. The number of hydrogen-bond donors (Lipinski definition) is 1. The van der Waals surface area contributed by atoms with Crippen molar-refractivity contribution in [2.75, 3.05) is 5.73 Å². The number of hydrogen-bond acceptors (Lipinski definition) is 5. The number of rotatable bonds is 1. The second-order valence-corrected chi connectivity index (χ2v) is 3.29. The molecule has 0 aliphatic heterocycles. The summed E-state index contributed by atoms with van der Waals surface area (Å²) in [6, 6.07) is 0.803. The zero-order valence-electron chi connectivity index (χ0n) is 8.60. The monoisotopic (exact) mass is 244 g/mol. The van der Waals surface area contributed by atoms with E-state index < -0.39 is 11.7 Å². The van der Waals surface area contributed by atoms with E-state index in [0.717, 1.165) is 16.9 Å². The maximum atomic E-state index is 12.8. The smallest absolute Gasteiger partial charge is 0.397 e. The van der Waals surface area contributed by atoms with Crippen LogP contribution >= 0.6 is 0 Å². The van der Waals surface area contributed by atoms with Crippen LogP contribution in [-0.4, -0.2) is 25.2 Å². The fraction of sp³-hybridized carbons (Fsp3) is 0.250. The number of anilines is 1. The van der Waals surface area contributed by atoms with Crippen molar-refractivity contribution in [2.24, 2.45) is 7.05 Å². The van der Waals surface area contributed by atoms with Gasteiger partial charge in [-0.2, -0.15) is 13.2 Å². The minimum absolute atomic E-state index is 0.0719. The number of pyridine rings is 1. The first-order valence-electron chi connectivity index (χ1n) is 4.45. The Morgan fingerprint density at radius 2 is 2.06 bits per heavy atom. The minimum Gasteiger partial charge on any atom is -0.397 e. The van der Waals surface area contributed by atoms with Gasteiger partial charge in [-0.1, -0.05) is 0 Å². The fourth-order valence-electron chi connectivity index (χ4n) is 1.31. The van der Waals surface area contributed by atoms with Crippen molar-refractivity contribution in [1.29, 1.82) is 0 Å². The molecule has 0 saturated carbocycles. The average molecular weight is 244 g/mol. The molecule has 0 aromatic carbocycles. The van der Waals surface area contributed by atoms with Crippen LogP contribution in [0.3, 0.4) is 0 Å². The molecule has 0 bridgehead atoms. The number of aromatic nitrogens is 5. The molecular formula is C8H7F3N6. The van der Waals surface area contributed by atoms with Crippen LogP contribution in [0.1, 0.15) is 5.56 Å². The van der Waals surface area contributed by atoms with Crippen LogP contribution in [0, 0.1) is 0 Å². The molecule has 90 valence electrons. The number of tetrazole rings is 1. The van der Waals surface area contributed by atoms with Crippen LogP contribution in [0.25, 0.3) is 11.5 Å².